The molecule has 0 aliphatic rings. The number of hydrogen-bond acceptors (Lipinski definition) is 4. The van der Waals surface area contributed by atoms with Crippen molar-refractivity contribution in [3.63, 3.8) is 0 Å². The smallest absolute Gasteiger partial charge is 0.310 e. The lowest BCUT2D eigenvalue weighted by Gasteiger charge is -2.10. The van der Waals surface area contributed by atoms with Gasteiger partial charge in [0.25, 0.3) is 5.91 Å². The number of ether oxygens (including phenoxy) is 2. The zero-order valence-corrected chi connectivity index (χ0v) is 15.6. The van der Waals surface area contributed by atoms with Gasteiger partial charge < -0.3 is 14.8 Å². The second-order valence-corrected chi connectivity index (χ2v) is 6.32. The van der Waals surface area contributed by atoms with Crippen molar-refractivity contribution in [3.05, 3.63) is 64.2 Å². The fourth-order valence-electron chi connectivity index (χ4n) is 2.49. The third-order valence-corrected chi connectivity index (χ3v) is 3.99. The van der Waals surface area contributed by atoms with E-state index in [-0.39, 0.29) is 18.9 Å². The largest absolute Gasteiger partial charge is 0.496 e. The zero-order valence-electron chi connectivity index (χ0n) is 14.9. The van der Waals surface area contributed by atoms with E-state index in [9.17, 15) is 9.59 Å². The monoisotopic (exact) mass is 375 g/mol. The highest BCUT2D eigenvalue weighted by Gasteiger charge is 2.12. The molecular formula is C20H22ClNO4. The fraction of sp³-hybridized carbons (Fsp3) is 0.300. The highest BCUT2D eigenvalue weighted by atomic mass is 35.5. The van der Waals surface area contributed by atoms with Crippen molar-refractivity contribution in [1.82, 2.24) is 5.32 Å². The summed E-state index contributed by atoms with van der Waals surface area (Å²) in [6.07, 6.45) is 0.710. The van der Waals surface area contributed by atoms with Crippen LogP contribution in [0, 0.1) is 6.92 Å². The maximum atomic E-state index is 12.0. The molecule has 0 heterocycles. The van der Waals surface area contributed by atoms with Crippen LogP contribution in [0.25, 0.3) is 0 Å². The first-order chi connectivity index (χ1) is 12.5. The van der Waals surface area contributed by atoms with Gasteiger partial charge in [-0.05, 0) is 37.1 Å². The minimum Gasteiger partial charge on any atom is -0.496 e. The van der Waals surface area contributed by atoms with Crippen LogP contribution in [0.2, 0.25) is 5.02 Å². The van der Waals surface area contributed by atoms with Gasteiger partial charge in [0.2, 0.25) is 0 Å². The van der Waals surface area contributed by atoms with Crippen LogP contribution in [-0.4, -0.2) is 32.1 Å². The quantitative estimate of drug-likeness (QED) is 0.720. The highest BCUT2D eigenvalue weighted by molar-refractivity contribution is 6.30. The van der Waals surface area contributed by atoms with Crippen molar-refractivity contribution in [2.75, 3.05) is 20.3 Å². The molecular weight excluding hydrogens is 354 g/mol. The standard InChI is InChI=1S/C20H22ClNO4/c1-14-6-7-18(25-2)16(10-14)12-20(24)26-13-19(23)22-9-8-15-4-3-5-17(21)11-15/h3-7,10-11H,8-9,12-13H2,1-2H3,(H,22,23). The molecule has 1 amide bonds. The van der Waals surface area contributed by atoms with E-state index in [0.717, 1.165) is 16.7 Å². The Hall–Kier alpha value is -2.53. The lowest BCUT2D eigenvalue weighted by molar-refractivity contribution is -0.147. The highest BCUT2D eigenvalue weighted by Crippen LogP contribution is 2.20. The van der Waals surface area contributed by atoms with Gasteiger partial charge in [0.1, 0.15) is 5.75 Å². The predicted octanol–water partition coefficient (Wildman–Crippen LogP) is 3.10. The summed E-state index contributed by atoms with van der Waals surface area (Å²) in [7, 11) is 1.55. The number of methoxy groups -OCH3 is 1. The molecule has 0 radical (unpaired) electrons. The van der Waals surface area contributed by atoms with Crippen LogP contribution in [0.15, 0.2) is 42.5 Å². The Bertz CT molecular complexity index is 776. The maximum absolute atomic E-state index is 12.0. The van der Waals surface area contributed by atoms with Crippen molar-refractivity contribution >= 4 is 23.5 Å². The molecule has 0 fully saturated rings. The Labute approximate surface area is 158 Å². The van der Waals surface area contributed by atoms with E-state index < -0.39 is 5.97 Å². The van der Waals surface area contributed by atoms with Gasteiger partial charge in [0.15, 0.2) is 6.61 Å². The van der Waals surface area contributed by atoms with Crippen molar-refractivity contribution in [1.29, 1.82) is 0 Å². The number of carbonyl (C=O) groups excluding carboxylic acids is 2. The Morgan fingerprint density at radius 2 is 1.96 bits per heavy atom. The van der Waals surface area contributed by atoms with E-state index in [4.69, 9.17) is 21.1 Å². The van der Waals surface area contributed by atoms with Crippen LogP contribution in [0.1, 0.15) is 16.7 Å². The molecule has 0 saturated heterocycles. The van der Waals surface area contributed by atoms with E-state index in [2.05, 4.69) is 5.32 Å². The van der Waals surface area contributed by atoms with Crippen molar-refractivity contribution < 1.29 is 19.1 Å². The normalized spacial score (nSPS) is 10.3. The number of hydrogen-bond donors (Lipinski definition) is 1. The molecule has 26 heavy (non-hydrogen) atoms. The zero-order chi connectivity index (χ0) is 18.9. The van der Waals surface area contributed by atoms with E-state index in [1.165, 1.54) is 0 Å². The van der Waals surface area contributed by atoms with Crippen molar-refractivity contribution in [2.45, 2.75) is 19.8 Å². The average Bonchev–Trinajstić information content (AvgIpc) is 2.60. The molecule has 0 spiro atoms. The second-order valence-electron chi connectivity index (χ2n) is 5.88. The predicted molar refractivity (Wildman–Crippen MR) is 101 cm³/mol. The summed E-state index contributed by atoms with van der Waals surface area (Å²) in [6.45, 7) is 2.08. The summed E-state index contributed by atoms with van der Waals surface area (Å²) in [5.74, 6) is -0.186. The third-order valence-electron chi connectivity index (χ3n) is 3.76. The minimum absolute atomic E-state index is 0.0562. The first kappa shape index (κ1) is 19.8. The molecule has 2 aromatic carbocycles. The van der Waals surface area contributed by atoms with Crippen LogP contribution >= 0.6 is 11.6 Å². The summed E-state index contributed by atoms with van der Waals surface area (Å²) in [6, 6.07) is 13.0. The van der Waals surface area contributed by atoms with E-state index in [0.29, 0.717) is 23.7 Å². The maximum Gasteiger partial charge on any atom is 0.310 e. The van der Waals surface area contributed by atoms with Crippen LogP contribution in [0.5, 0.6) is 5.75 Å². The summed E-state index contributed by atoms with van der Waals surface area (Å²) < 4.78 is 10.3. The molecule has 138 valence electrons. The first-order valence-corrected chi connectivity index (χ1v) is 8.66. The van der Waals surface area contributed by atoms with Crippen LogP contribution < -0.4 is 10.1 Å². The number of benzene rings is 2. The molecule has 2 rings (SSSR count). The lowest BCUT2D eigenvalue weighted by Crippen LogP contribution is -2.30. The van der Waals surface area contributed by atoms with Gasteiger partial charge in [-0.2, -0.15) is 0 Å². The molecule has 0 saturated carbocycles. The Kier molecular flexibility index (Phi) is 7.48. The fourth-order valence-corrected chi connectivity index (χ4v) is 2.70. The molecule has 0 aromatic heterocycles. The number of carbonyl (C=O) groups is 2. The Balaban J connectivity index is 1.73. The van der Waals surface area contributed by atoms with Gasteiger partial charge in [-0.25, -0.2) is 0 Å². The van der Waals surface area contributed by atoms with Gasteiger partial charge >= 0.3 is 5.97 Å². The van der Waals surface area contributed by atoms with E-state index in [1.807, 2.05) is 37.3 Å². The topological polar surface area (TPSA) is 64.6 Å². The number of aryl methyl sites for hydroxylation is 1. The Morgan fingerprint density at radius 1 is 1.15 bits per heavy atom. The second kappa shape index (κ2) is 9.82. The van der Waals surface area contributed by atoms with Crippen molar-refractivity contribution in [2.24, 2.45) is 0 Å². The summed E-state index contributed by atoms with van der Waals surface area (Å²) in [5.41, 5.74) is 2.78. The number of amides is 1. The average molecular weight is 376 g/mol. The van der Waals surface area contributed by atoms with Gasteiger partial charge in [-0.3, -0.25) is 9.59 Å². The summed E-state index contributed by atoms with van der Waals surface area (Å²) >= 11 is 5.91. The van der Waals surface area contributed by atoms with E-state index >= 15 is 0 Å². The van der Waals surface area contributed by atoms with Crippen LogP contribution in [0.3, 0.4) is 0 Å². The number of esters is 1. The van der Waals surface area contributed by atoms with Crippen molar-refractivity contribution in [3.8, 4) is 5.75 Å². The third kappa shape index (κ3) is 6.41. The number of nitrogens with one attached hydrogen (secondary N) is 1. The molecule has 5 nitrogen and oxygen atoms in total. The van der Waals surface area contributed by atoms with E-state index in [1.54, 1.807) is 19.2 Å². The molecule has 0 atom stereocenters. The first-order valence-electron chi connectivity index (χ1n) is 8.28. The molecule has 0 aliphatic carbocycles. The minimum atomic E-state index is -0.473. The Morgan fingerprint density at radius 3 is 2.69 bits per heavy atom. The molecule has 1 N–H and O–H groups in total. The summed E-state index contributed by atoms with van der Waals surface area (Å²) in [4.78, 5) is 23.8. The van der Waals surface area contributed by atoms with Gasteiger partial charge in [-0.15, -0.1) is 0 Å². The van der Waals surface area contributed by atoms with Crippen LogP contribution in [0.4, 0.5) is 0 Å². The summed E-state index contributed by atoms with van der Waals surface area (Å²) in [5, 5.41) is 3.38. The number of halogens is 1. The SMILES string of the molecule is COc1ccc(C)cc1CC(=O)OCC(=O)NCCc1cccc(Cl)c1. The van der Waals surface area contributed by atoms with Gasteiger partial charge in [0, 0.05) is 17.1 Å². The molecule has 6 heteroatoms. The lowest BCUT2D eigenvalue weighted by atomic mass is 10.1. The molecule has 0 unspecified atom stereocenters. The molecule has 0 aliphatic heterocycles. The number of rotatable bonds is 8. The van der Waals surface area contributed by atoms with Gasteiger partial charge in [0.05, 0.1) is 13.5 Å². The molecule has 0 bridgehead atoms. The van der Waals surface area contributed by atoms with Crippen LogP contribution in [-0.2, 0) is 27.2 Å². The molecule has 2 aromatic rings. The van der Waals surface area contributed by atoms with Gasteiger partial charge in [-0.1, -0.05) is 41.4 Å².